The molecule has 0 aromatic carbocycles. The first-order valence-electron chi connectivity index (χ1n) is 6.81. The Kier molecular flexibility index (Phi) is 3.69. The minimum atomic E-state index is 0.903. The summed E-state index contributed by atoms with van der Waals surface area (Å²) in [6.07, 6.45) is 2.90. The molecule has 3 heterocycles. The summed E-state index contributed by atoms with van der Waals surface area (Å²) in [4.78, 5) is 4.42. The highest BCUT2D eigenvalue weighted by Gasteiger charge is 2.03. The highest BCUT2D eigenvalue weighted by Crippen LogP contribution is 2.25. The molecular formula is C15H18N4S. The third-order valence-electron chi connectivity index (χ3n) is 3.32. The number of pyridine rings is 1. The lowest BCUT2D eigenvalue weighted by atomic mass is 10.3. The molecule has 0 amide bonds. The molecule has 0 bridgehead atoms. The Morgan fingerprint density at radius 1 is 1.30 bits per heavy atom. The molecule has 3 aromatic rings. The zero-order chi connectivity index (χ0) is 13.9. The zero-order valence-electron chi connectivity index (χ0n) is 11.8. The molecule has 1 N–H and O–H groups in total. The predicted octanol–water partition coefficient (Wildman–Crippen LogP) is 3.61. The average molecular weight is 286 g/mol. The molecule has 0 saturated carbocycles. The van der Waals surface area contributed by atoms with Crippen molar-refractivity contribution in [3.8, 4) is 0 Å². The summed E-state index contributed by atoms with van der Waals surface area (Å²) in [6, 6.07) is 6.29. The van der Waals surface area contributed by atoms with Gasteiger partial charge in [0.25, 0.3) is 0 Å². The maximum absolute atomic E-state index is 4.47. The lowest BCUT2D eigenvalue weighted by Gasteiger charge is -2.07. The largest absolute Gasteiger partial charge is 0.369 e. The van der Waals surface area contributed by atoms with Crippen molar-refractivity contribution in [3.05, 3.63) is 41.2 Å². The van der Waals surface area contributed by atoms with E-state index in [1.165, 1.54) is 15.8 Å². The molecule has 3 rings (SSSR count). The quantitative estimate of drug-likeness (QED) is 0.729. The summed E-state index contributed by atoms with van der Waals surface area (Å²) in [5.74, 6) is 0.983. The molecule has 0 aliphatic rings. The predicted molar refractivity (Wildman–Crippen MR) is 84.4 cm³/mol. The Balaban J connectivity index is 1.58. The summed E-state index contributed by atoms with van der Waals surface area (Å²) in [5, 5.41) is 11.2. The summed E-state index contributed by atoms with van der Waals surface area (Å²) in [6.45, 7) is 5.97. The van der Waals surface area contributed by atoms with Gasteiger partial charge in [-0.1, -0.05) is 0 Å². The van der Waals surface area contributed by atoms with E-state index in [9.17, 15) is 0 Å². The molecule has 0 atom stereocenters. The standard InChI is InChI=1S/C15H18N4S/c1-11-10-12(2)19(18-11)8-3-6-16-15-13-5-9-20-14(13)4-7-17-15/h4-5,7,9-10H,3,6,8H2,1-2H3,(H,16,17). The Hall–Kier alpha value is -1.88. The fraction of sp³-hybridized carbons (Fsp3) is 0.333. The van der Waals surface area contributed by atoms with Crippen LogP contribution in [0.4, 0.5) is 5.82 Å². The molecule has 0 aliphatic heterocycles. The van der Waals surface area contributed by atoms with Crippen LogP contribution in [0.1, 0.15) is 17.8 Å². The van der Waals surface area contributed by atoms with Crippen LogP contribution >= 0.6 is 11.3 Å². The van der Waals surface area contributed by atoms with Crippen molar-refractivity contribution in [2.75, 3.05) is 11.9 Å². The number of hydrogen-bond acceptors (Lipinski definition) is 4. The van der Waals surface area contributed by atoms with Crippen LogP contribution in [0.5, 0.6) is 0 Å². The van der Waals surface area contributed by atoms with Gasteiger partial charge in [-0.2, -0.15) is 5.10 Å². The Morgan fingerprint density at radius 2 is 2.20 bits per heavy atom. The van der Waals surface area contributed by atoms with E-state index < -0.39 is 0 Å². The number of nitrogens with one attached hydrogen (secondary N) is 1. The topological polar surface area (TPSA) is 42.7 Å². The zero-order valence-corrected chi connectivity index (χ0v) is 12.6. The lowest BCUT2D eigenvalue weighted by Crippen LogP contribution is -2.09. The first-order valence-corrected chi connectivity index (χ1v) is 7.69. The van der Waals surface area contributed by atoms with Crippen molar-refractivity contribution >= 4 is 27.2 Å². The van der Waals surface area contributed by atoms with Crippen LogP contribution < -0.4 is 5.32 Å². The third kappa shape index (κ3) is 2.67. The first-order chi connectivity index (χ1) is 9.74. The summed E-state index contributed by atoms with van der Waals surface area (Å²) in [7, 11) is 0. The monoisotopic (exact) mass is 286 g/mol. The van der Waals surface area contributed by atoms with Crippen LogP contribution in [0, 0.1) is 13.8 Å². The minimum absolute atomic E-state index is 0.903. The van der Waals surface area contributed by atoms with Crippen LogP contribution in [-0.2, 0) is 6.54 Å². The van der Waals surface area contributed by atoms with Crippen LogP contribution in [0.3, 0.4) is 0 Å². The molecule has 0 aliphatic carbocycles. The van der Waals surface area contributed by atoms with Crippen molar-refractivity contribution in [1.29, 1.82) is 0 Å². The summed E-state index contributed by atoms with van der Waals surface area (Å²) < 4.78 is 3.34. The van der Waals surface area contributed by atoms with Gasteiger partial charge in [-0.3, -0.25) is 4.68 Å². The lowest BCUT2D eigenvalue weighted by molar-refractivity contribution is 0.573. The molecule has 0 saturated heterocycles. The molecule has 5 heteroatoms. The summed E-state index contributed by atoms with van der Waals surface area (Å²) >= 11 is 1.75. The molecule has 0 radical (unpaired) electrons. The van der Waals surface area contributed by atoms with E-state index in [2.05, 4.69) is 50.6 Å². The Bertz CT molecular complexity index is 714. The van der Waals surface area contributed by atoms with E-state index in [0.29, 0.717) is 0 Å². The van der Waals surface area contributed by atoms with E-state index in [1.807, 2.05) is 13.1 Å². The average Bonchev–Trinajstić information content (AvgIpc) is 3.01. The number of aromatic nitrogens is 3. The van der Waals surface area contributed by atoms with Gasteiger partial charge in [0.2, 0.25) is 0 Å². The molecule has 3 aromatic heterocycles. The molecule has 0 fully saturated rings. The normalized spacial score (nSPS) is 11.1. The second-order valence-corrected chi connectivity index (χ2v) is 5.87. The number of anilines is 1. The van der Waals surface area contributed by atoms with Crippen LogP contribution in [0.2, 0.25) is 0 Å². The van der Waals surface area contributed by atoms with E-state index in [1.54, 1.807) is 11.3 Å². The van der Waals surface area contributed by atoms with Crippen molar-refractivity contribution in [3.63, 3.8) is 0 Å². The SMILES string of the molecule is Cc1cc(C)n(CCCNc2nccc3sccc23)n1. The summed E-state index contributed by atoms with van der Waals surface area (Å²) in [5.41, 5.74) is 2.31. The Morgan fingerprint density at radius 3 is 3.00 bits per heavy atom. The van der Waals surface area contributed by atoms with Crippen molar-refractivity contribution in [1.82, 2.24) is 14.8 Å². The number of thiophene rings is 1. The van der Waals surface area contributed by atoms with Gasteiger partial charge < -0.3 is 5.32 Å². The first kappa shape index (κ1) is 13.1. The Labute approximate surface area is 122 Å². The number of rotatable bonds is 5. The van der Waals surface area contributed by atoms with Crippen molar-refractivity contribution in [2.24, 2.45) is 0 Å². The fourth-order valence-electron chi connectivity index (χ4n) is 2.37. The van der Waals surface area contributed by atoms with Gasteiger partial charge in [-0.25, -0.2) is 4.98 Å². The van der Waals surface area contributed by atoms with Crippen LogP contribution in [-0.4, -0.2) is 21.3 Å². The van der Waals surface area contributed by atoms with Gasteiger partial charge in [-0.05, 0) is 43.8 Å². The van der Waals surface area contributed by atoms with Gasteiger partial charge >= 0.3 is 0 Å². The number of nitrogens with zero attached hydrogens (tertiary/aromatic N) is 3. The minimum Gasteiger partial charge on any atom is -0.369 e. The molecular weight excluding hydrogens is 268 g/mol. The maximum atomic E-state index is 4.47. The number of aryl methyl sites for hydroxylation is 3. The van der Waals surface area contributed by atoms with Crippen LogP contribution in [0.15, 0.2) is 29.8 Å². The smallest absolute Gasteiger partial charge is 0.134 e. The highest BCUT2D eigenvalue weighted by atomic mass is 32.1. The molecule has 0 unspecified atom stereocenters. The molecule has 20 heavy (non-hydrogen) atoms. The second-order valence-electron chi connectivity index (χ2n) is 4.92. The molecule has 104 valence electrons. The van der Waals surface area contributed by atoms with Crippen molar-refractivity contribution < 1.29 is 0 Å². The van der Waals surface area contributed by atoms with Gasteiger partial charge in [0, 0.05) is 35.1 Å². The van der Waals surface area contributed by atoms with Gasteiger partial charge in [-0.15, -0.1) is 11.3 Å². The van der Waals surface area contributed by atoms with Crippen LogP contribution in [0.25, 0.3) is 10.1 Å². The van der Waals surface area contributed by atoms with Gasteiger partial charge in [0.1, 0.15) is 5.82 Å². The third-order valence-corrected chi connectivity index (χ3v) is 4.20. The van der Waals surface area contributed by atoms with Gasteiger partial charge in [0.05, 0.1) is 5.69 Å². The fourth-order valence-corrected chi connectivity index (χ4v) is 3.15. The number of fused-ring (bicyclic) bond motifs is 1. The molecule has 4 nitrogen and oxygen atoms in total. The second kappa shape index (κ2) is 5.63. The van der Waals surface area contributed by atoms with Crippen molar-refractivity contribution in [2.45, 2.75) is 26.8 Å². The van der Waals surface area contributed by atoms with Gasteiger partial charge in [0.15, 0.2) is 0 Å². The van der Waals surface area contributed by atoms with E-state index in [4.69, 9.17) is 0 Å². The van der Waals surface area contributed by atoms with E-state index >= 15 is 0 Å². The van der Waals surface area contributed by atoms with E-state index in [0.717, 1.165) is 31.0 Å². The number of hydrogen-bond donors (Lipinski definition) is 1. The maximum Gasteiger partial charge on any atom is 0.134 e. The highest BCUT2D eigenvalue weighted by molar-refractivity contribution is 7.17. The van der Waals surface area contributed by atoms with E-state index in [-0.39, 0.29) is 0 Å². The molecule has 0 spiro atoms.